The number of carbonyl (C=O) groups excluding carboxylic acids is 1. The maximum absolute atomic E-state index is 12.3. The molecule has 0 bridgehead atoms. The van der Waals surface area contributed by atoms with Gasteiger partial charge in [-0.25, -0.2) is 0 Å². The fourth-order valence-electron chi connectivity index (χ4n) is 2.10. The highest BCUT2D eigenvalue weighted by Crippen LogP contribution is 2.12. The van der Waals surface area contributed by atoms with Crippen molar-refractivity contribution in [1.29, 1.82) is 0 Å². The lowest BCUT2D eigenvalue weighted by atomic mass is 10.1. The van der Waals surface area contributed by atoms with Crippen LogP contribution in [-0.2, 0) is 16.1 Å². The second-order valence-corrected chi connectivity index (χ2v) is 4.56. The second-order valence-electron chi connectivity index (χ2n) is 4.56. The zero-order chi connectivity index (χ0) is 13.0. The fourth-order valence-corrected chi connectivity index (χ4v) is 2.10. The topological polar surface area (TPSA) is 38.8 Å². The summed E-state index contributed by atoms with van der Waals surface area (Å²) in [6, 6.07) is 7.58. The zero-order valence-electron chi connectivity index (χ0n) is 10.9. The first-order valence-corrected chi connectivity index (χ1v) is 6.19. The first kappa shape index (κ1) is 13.1. The van der Waals surface area contributed by atoms with Crippen LogP contribution >= 0.6 is 0 Å². The van der Waals surface area contributed by atoms with Crippen LogP contribution in [0.2, 0.25) is 0 Å². The molecule has 0 radical (unpaired) electrons. The molecule has 1 saturated heterocycles. The highest BCUT2D eigenvalue weighted by molar-refractivity contribution is 5.94. The molecule has 0 N–H and O–H groups in total. The average molecular weight is 249 g/mol. The van der Waals surface area contributed by atoms with E-state index in [-0.39, 0.29) is 12.0 Å². The maximum atomic E-state index is 12.3. The third kappa shape index (κ3) is 3.09. The molecule has 0 spiro atoms. The fraction of sp³-hybridized carbons (Fsp3) is 0.500. The minimum Gasteiger partial charge on any atom is -0.380 e. The van der Waals surface area contributed by atoms with E-state index in [1.807, 2.05) is 36.1 Å². The zero-order valence-corrected chi connectivity index (χ0v) is 10.9. The monoisotopic (exact) mass is 249 g/mol. The van der Waals surface area contributed by atoms with Crippen LogP contribution in [0.5, 0.6) is 0 Å². The number of benzene rings is 1. The number of amides is 1. The molecule has 1 atom stereocenters. The van der Waals surface area contributed by atoms with E-state index < -0.39 is 0 Å². The number of hydrogen-bond donors (Lipinski definition) is 0. The van der Waals surface area contributed by atoms with Gasteiger partial charge in [-0.3, -0.25) is 4.79 Å². The van der Waals surface area contributed by atoms with E-state index in [2.05, 4.69) is 0 Å². The molecular formula is C14H19NO3. The largest absolute Gasteiger partial charge is 0.380 e. The Morgan fingerprint density at radius 1 is 1.44 bits per heavy atom. The number of nitrogens with zero attached hydrogens (tertiary/aromatic N) is 1. The van der Waals surface area contributed by atoms with Crippen molar-refractivity contribution < 1.29 is 14.3 Å². The lowest BCUT2D eigenvalue weighted by Gasteiger charge is -2.31. The van der Waals surface area contributed by atoms with Crippen molar-refractivity contribution >= 4 is 5.91 Å². The van der Waals surface area contributed by atoms with Crippen molar-refractivity contribution in [1.82, 2.24) is 4.90 Å². The molecule has 98 valence electrons. The van der Waals surface area contributed by atoms with E-state index in [1.54, 1.807) is 7.11 Å². The number of morpholine rings is 1. The third-order valence-electron chi connectivity index (χ3n) is 3.04. The predicted octanol–water partition coefficient (Wildman–Crippen LogP) is 1.69. The van der Waals surface area contributed by atoms with E-state index in [0.717, 1.165) is 11.1 Å². The number of hydrogen-bond acceptors (Lipinski definition) is 3. The molecule has 0 aliphatic carbocycles. The molecule has 1 aliphatic heterocycles. The van der Waals surface area contributed by atoms with Gasteiger partial charge in [0, 0.05) is 25.8 Å². The maximum Gasteiger partial charge on any atom is 0.254 e. The molecule has 0 aromatic heterocycles. The van der Waals surface area contributed by atoms with Crippen LogP contribution in [0, 0.1) is 0 Å². The second kappa shape index (κ2) is 5.98. The van der Waals surface area contributed by atoms with Crippen LogP contribution in [0.3, 0.4) is 0 Å². The van der Waals surface area contributed by atoms with Gasteiger partial charge in [-0.1, -0.05) is 12.1 Å². The minimum absolute atomic E-state index is 0.0779. The van der Waals surface area contributed by atoms with Gasteiger partial charge in [-0.15, -0.1) is 0 Å². The van der Waals surface area contributed by atoms with Crippen molar-refractivity contribution in [2.45, 2.75) is 19.6 Å². The Bertz CT molecular complexity index is 402. The van der Waals surface area contributed by atoms with E-state index in [9.17, 15) is 4.79 Å². The number of carbonyl (C=O) groups is 1. The molecule has 1 heterocycles. The van der Waals surface area contributed by atoms with Crippen LogP contribution in [0.4, 0.5) is 0 Å². The van der Waals surface area contributed by atoms with Crippen LogP contribution in [0.1, 0.15) is 22.8 Å². The first-order chi connectivity index (χ1) is 8.70. The Morgan fingerprint density at radius 2 is 2.17 bits per heavy atom. The van der Waals surface area contributed by atoms with Gasteiger partial charge >= 0.3 is 0 Å². The van der Waals surface area contributed by atoms with Crippen LogP contribution in [-0.4, -0.2) is 43.7 Å². The molecule has 1 aliphatic rings. The van der Waals surface area contributed by atoms with Gasteiger partial charge in [0.1, 0.15) is 0 Å². The van der Waals surface area contributed by atoms with Gasteiger partial charge in [0.2, 0.25) is 0 Å². The van der Waals surface area contributed by atoms with Crippen molar-refractivity contribution in [3.63, 3.8) is 0 Å². The standard InChI is InChI=1S/C14H19NO3/c1-11-9-15(7-8-18-11)14(16)13-5-3-12(4-6-13)10-17-2/h3-6,11H,7-10H2,1-2H3. The van der Waals surface area contributed by atoms with Gasteiger partial charge in [0.05, 0.1) is 19.3 Å². The molecular weight excluding hydrogens is 230 g/mol. The summed E-state index contributed by atoms with van der Waals surface area (Å²) in [4.78, 5) is 14.1. The summed E-state index contributed by atoms with van der Waals surface area (Å²) >= 11 is 0. The highest BCUT2D eigenvalue weighted by atomic mass is 16.5. The van der Waals surface area contributed by atoms with Crippen LogP contribution < -0.4 is 0 Å². The lowest BCUT2D eigenvalue weighted by molar-refractivity contribution is -0.0124. The normalized spacial score (nSPS) is 19.9. The molecule has 1 unspecified atom stereocenters. The molecule has 18 heavy (non-hydrogen) atoms. The summed E-state index contributed by atoms with van der Waals surface area (Å²) in [7, 11) is 1.66. The molecule has 4 nitrogen and oxygen atoms in total. The van der Waals surface area contributed by atoms with Gasteiger partial charge in [-0.2, -0.15) is 0 Å². The van der Waals surface area contributed by atoms with Crippen molar-refractivity contribution in [3.8, 4) is 0 Å². The average Bonchev–Trinajstić information content (AvgIpc) is 2.39. The predicted molar refractivity (Wildman–Crippen MR) is 68.5 cm³/mol. The van der Waals surface area contributed by atoms with E-state index in [1.165, 1.54) is 0 Å². The Balaban J connectivity index is 2.03. The Kier molecular flexibility index (Phi) is 4.33. The molecule has 4 heteroatoms. The molecule has 1 amide bonds. The summed E-state index contributed by atoms with van der Waals surface area (Å²) < 4.78 is 10.5. The summed E-state index contributed by atoms with van der Waals surface area (Å²) in [5.41, 5.74) is 1.80. The summed E-state index contributed by atoms with van der Waals surface area (Å²) in [6.07, 6.45) is 0.121. The van der Waals surface area contributed by atoms with E-state index in [4.69, 9.17) is 9.47 Å². The van der Waals surface area contributed by atoms with Crippen molar-refractivity contribution in [3.05, 3.63) is 35.4 Å². The summed E-state index contributed by atoms with van der Waals surface area (Å²) in [5, 5.41) is 0. The quantitative estimate of drug-likeness (QED) is 0.818. The Hall–Kier alpha value is -1.39. The lowest BCUT2D eigenvalue weighted by Crippen LogP contribution is -2.44. The van der Waals surface area contributed by atoms with Gasteiger partial charge in [-0.05, 0) is 24.6 Å². The van der Waals surface area contributed by atoms with Crippen molar-refractivity contribution in [2.24, 2.45) is 0 Å². The van der Waals surface area contributed by atoms with Crippen molar-refractivity contribution in [2.75, 3.05) is 26.8 Å². The number of rotatable bonds is 3. The molecule has 2 rings (SSSR count). The smallest absolute Gasteiger partial charge is 0.254 e. The Morgan fingerprint density at radius 3 is 2.78 bits per heavy atom. The molecule has 1 aromatic carbocycles. The van der Waals surface area contributed by atoms with Gasteiger partial charge in [0.25, 0.3) is 5.91 Å². The van der Waals surface area contributed by atoms with Crippen LogP contribution in [0.25, 0.3) is 0 Å². The van der Waals surface area contributed by atoms with E-state index in [0.29, 0.717) is 26.3 Å². The highest BCUT2D eigenvalue weighted by Gasteiger charge is 2.22. The molecule has 0 saturated carbocycles. The summed E-state index contributed by atoms with van der Waals surface area (Å²) in [6.45, 7) is 4.51. The summed E-state index contributed by atoms with van der Waals surface area (Å²) in [5.74, 6) is 0.0779. The van der Waals surface area contributed by atoms with Gasteiger partial charge in [0.15, 0.2) is 0 Å². The Labute approximate surface area is 107 Å². The number of methoxy groups -OCH3 is 1. The molecule has 1 fully saturated rings. The first-order valence-electron chi connectivity index (χ1n) is 6.19. The SMILES string of the molecule is COCc1ccc(C(=O)N2CCOC(C)C2)cc1. The molecule has 1 aromatic rings. The van der Waals surface area contributed by atoms with E-state index >= 15 is 0 Å². The number of ether oxygens (including phenoxy) is 2. The van der Waals surface area contributed by atoms with Gasteiger partial charge < -0.3 is 14.4 Å². The third-order valence-corrected chi connectivity index (χ3v) is 3.04. The minimum atomic E-state index is 0.0779. The van der Waals surface area contributed by atoms with Crippen LogP contribution in [0.15, 0.2) is 24.3 Å².